The van der Waals surface area contributed by atoms with Gasteiger partial charge in [-0.3, -0.25) is 0 Å². The van der Waals surface area contributed by atoms with Crippen molar-refractivity contribution in [1.82, 2.24) is 10.1 Å². The molecule has 0 aliphatic carbocycles. The van der Waals surface area contributed by atoms with E-state index in [1.807, 2.05) is 43.3 Å². The second kappa shape index (κ2) is 6.03. The normalized spacial score (nSPS) is 11.0. The highest BCUT2D eigenvalue weighted by atomic mass is 16.5. The third-order valence-corrected chi connectivity index (χ3v) is 4.02. The van der Waals surface area contributed by atoms with Crippen LogP contribution in [0.5, 0.6) is 5.75 Å². The minimum atomic E-state index is -0.610. The van der Waals surface area contributed by atoms with Gasteiger partial charge < -0.3 is 18.9 Å². The molecule has 26 heavy (non-hydrogen) atoms. The zero-order chi connectivity index (χ0) is 18.3. The molecule has 0 amide bonds. The molecule has 0 saturated heterocycles. The Balaban J connectivity index is 1.74. The van der Waals surface area contributed by atoms with Crippen LogP contribution >= 0.6 is 0 Å². The van der Waals surface area contributed by atoms with Crippen LogP contribution in [-0.2, 0) is 0 Å². The minimum Gasteiger partial charge on any atom is -0.508 e. The van der Waals surface area contributed by atoms with Crippen molar-refractivity contribution in [3.63, 3.8) is 0 Å². The Bertz CT molecular complexity index is 1140. The molecule has 0 saturated carbocycles. The maximum atomic E-state index is 12.2. The fraction of sp³-hybridized carbons (Fsp3) is 0.105. The van der Waals surface area contributed by atoms with Crippen molar-refractivity contribution in [2.45, 2.75) is 0 Å². The molecule has 2 aromatic heterocycles. The summed E-state index contributed by atoms with van der Waals surface area (Å²) in [5.74, 6) is 0.491. The number of anilines is 1. The minimum absolute atomic E-state index is 0.0228. The molecule has 0 aliphatic rings. The average Bonchev–Trinajstić information content (AvgIpc) is 3.11. The van der Waals surface area contributed by atoms with Crippen molar-refractivity contribution in [3.05, 3.63) is 59.0 Å². The molecule has 0 bridgehead atoms. The maximum absolute atomic E-state index is 12.2. The van der Waals surface area contributed by atoms with E-state index >= 15 is 0 Å². The summed E-state index contributed by atoms with van der Waals surface area (Å²) >= 11 is 0. The third kappa shape index (κ3) is 2.79. The summed E-state index contributed by atoms with van der Waals surface area (Å²) in [4.78, 5) is 18.5. The lowest BCUT2D eigenvalue weighted by Gasteiger charge is -2.11. The molecule has 0 unspecified atom stereocenters. The number of phenols is 1. The van der Waals surface area contributed by atoms with Crippen molar-refractivity contribution in [2.75, 3.05) is 19.0 Å². The van der Waals surface area contributed by atoms with E-state index < -0.39 is 5.63 Å². The molecule has 2 heterocycles. The monoisotopic (exact) mass is 349 g/mol. The van der Waals surface area contributed by atoms with Gasteiger partial charge in [-0.15, -0.1) is 0 Å². The molecule has 0 fully saturated rings. The van der Waals surface area contributed by atoms with E-state index in [0.717, 1.165) is 11.3 Å². The molecular formula is C19H15N3O4. The number of hydrogen-bond donors (Lipinski definition) is 1. The molecule has 7 heteroatoms. The molecule has 0 radical (unpaired) electrons. The van der Waals surface area contributed by atoms with Crippen molar-refractivity contribution in [1.29, 1.82) is 0 Å². The van der Waals surface area contributed by atoms with Gasteiger partial charge in [-0.25, -0.2) is 4.79 Å². The van der Waals surface area contributed by atoms with E-state index in [1.54, 1.807) is 12.1 Å². The number of aromatic hydroxyl groups is 1. The lowest BCUT2D eigenvalue weighted by Crippen LogP contribution is -2.07. The number of aromatic nitrogens is 2. The highest BCUT2D eigenvalue weighted by Gasteiger charge is 2.16. The van der Waals surface area contributed by atoms with Gasteiger partial charge in [0, 0.05) is 36.8 Å². The standard InChI is InChI=1S/C19H15N3O4/c1-22(2)13-6-3-11(4-7-13)17-20-18(26-21-17)15-9-12-5-8-14(23)10-16(12)25-19(15)24/h3-10,23H,1-2H3. The van der Waals surface area contributed by atoms with Crippen LogP contribution < -0.4 is 10.5 Å². The Morgan fingerprint density at radius 1 is 1.04 bits per heavy atom. The molecule has 0 atom stereocenters. The smallest absolute Gasteiger partial charge is 0.349 e. The van der Waals surface area contributed by atoms with Crippen LogP contribution in [0.15, 0.2) is 62.3 Å². The van der Waals surface area contributed by atoms with Crippen LogP contribution in [0.4, 0.5) is 5.69 Å². The molecule has 7 nitrogen and oxygen atoms in total. The molecule has 0 spiro atoms. The summed E-state index contributed by atoms with van der Waals surface area (Å²) in [6, 6.07) is 13.8. The van der Waals surface area contributed by atoms with E-state index in [-0.39, 0.29) is 22.8 Å². The third-order valence-electron chi connectivity index (χ3n) is 4.02. The quantitative estimate of drug-likeness (QED) is 0.567. The van der Waals surface area contributed by atoms with Gasteiger partial charge in [-0.2, -0.15) is 4.98 Å². The van der Waals surface area contributed by atoms with Gasteiger partial charge in [0.2, 0.25) is 5.82 Å². The predicted octanol–water partition coefficient (Wildman–Crippen LogP) is 3.28. The second-order valence-electron chi connectivity index (χ2n) is 6.03. The first-order valence-corrected chi connectivity index (χ1v) is 7.90. The summed E-state index contributed by atoms with van der Waals surface area (Å²) in [6.45, 7) is 0. The Labute approximate surface area is 148 Å². The SMILES string of the molecule is CN(C)c1ccc(-c2noc(-c3cc4ccc(O)cc4oc3=O)n2)cc1. The number of nitrogens with zero attached hydrogens (tertiary/aromatic N) is 3. The summed E-state index contributed by atoms with van der Waals surface area (Å²) < 4.78 is 10.5. The predicted molar refractivity (Wildman–Crippen MR) is 97.2 cm³/mol. The van der Waals surface area contributed by atoms with Gasteiger partial charge in [-0.05, 0) is 42.5 Å². The topological polar surface area (TPSA) is 92.6 Å². The molecular weight excluding hydrogens is 334 g/mol. The zero-order valence-corrected chi connectivity index (χ0v) is 14.1. The van der Waals surface area contributed by atoms with Crippen LogP contribution in [0.1, 0.15) is 0 Å². The highest BCUT2D eigenvalue weighted by Crippen LogP contribution is 2.25. The van der Waals surface area contributed by atoms with Crippen LogP contribution in [0.2, 0.25) is 0 Å². The van der Waals surface area contributed by atoms with E-state index in [0.29, 0.717) is 11.2 Å². The first-order valence-electron chi connectivity index (χ1n) is 7.90. The maximum Gasteiger partial charge on any atom is 0.349 e. The number of hydrogen-bond acceptors (Lipinski definition) is 7. The van der Waals surface area contributed by atoms with Gasteiger partial charge in [0.05, 0.1) is 0 Å². The Morgan fingerprint density at radius 2 is 1.81 bits per heavy atom. The summed E-state index contributed by atoms with van der Waals surface area (Å²) in [7, 11) is 3.92. The van der Waals surface area contributed by atoms with Gasteiger partial charge in [0.25, 0.3) is 5.89 Å². The van der Waals surface area contributed by atoms with Crippen molar-refractivity contribution >= 4 is 16.7 Å². The first kappa shape index (κ1) is 15.9. The van der Waals surface area contributed by atoms with Gasteiger partial charge in [0.1, 0.15) is 16.9 Å². The number of rotatable bonds is 3. The molecule has 0 aliphatic heterocycles. The van der Waals surface area contributed by atoms with Gasteiger partial charge >= 0.3 is 5.63 Å². The number of phenolic OH excluding ortho intramolecular Hbond substituents is 1. The molecule has 1 N–H and O–H groups in total. The molecule has 4 aromatic rings. The lowest BCUT2D eigenvalue weighted by molar-refractivity contribution is 0.429. The Kier molecular flexibility index (Phi) is 3.69. The highest BCUT2D eigenvalue weighted by molar-refractivity contribution is 5.81. The number of fused-ring (bicyclic) bond motifs is 1. The van der Waals surface area contributed by atoms with Crippen LogP contribution in [0.3, 0.4) is 0 Å². The fourth-order valence-electron chi connectivity index (χ4n) is 2.61. The van der Waals surface area contributed by atoms with Crippen LogP contribution in [0.25, 0.3) is 33.8 Å². The fourth-order valence-corrected chi connectivity index (χ4v) is 2.61. The van der Waals surface area contributed by atoms with Gasteiger partial charge in [-0.1, -0.05) is 5.16 Å². The van der Waals surface area contributed by atoms with E-state index in [2.05, 4.69) is 10.1 Å². The average molecular weight is 349 g/mol. The van der Waals surface area contributed by atoms with Crippen molar-refractivity contribution in [3.8, 4) is 28.6 Å². The van der Waals surface area contributed by atoms with E-state index in [4.69, 9.17) is 8.94 Å². The molecule has 4 rings (SSSR count). The van der Waals surface area contributed by atoms with E-state index in [1.165, 1.54) is 12.1 Å². The number of benzene rings is 2. The zero-order valence-electron chi connectivity index (χ0n) is 14.1. The van der Waals surface area contributed by atoms with E-state index in [9.17, 15) is 9.90 Å². The Hall–Kier alpha value is -3.61. The van der Waals surface area contributed by atoms with Crippen molar-refractivity contribution in [2.24, 2.45) is 0 Å². The van der Waals surface area contributed by atoms with Gasteiger partial charge in [0.15, 0.2) is 0 Å². The first-order chi connectivity index (χ1) is 12.5. The largest absolute Gasteiger partial charge is 0.508 e. The Morgan fingerprint density at radius 3 is 2.54 bits per heavy atom. The molecule has 2 aromatic carbocycles. The lowest BCUT2D eigenvalue weighted by atomic mass is 10.1. The van der Waals surface area contributed by atoms with Crippen LogP contribution in [-0.4, -0.2) is 29.3 Å². The summed E-state index contributed by atoms with van der Waals surface area (Å²) in [6.07, 6.45) is 0. The summed E-state index contributed by atoms with van der Waals surface area (Å²) in [5, 5.41) is 14.1. The summed E-state index contributed by atoms with van der Waals surface area (Å²) in [5.41, 5.74) is 1.68. The second-order valence-corrected chi connectivity index (χ2v) is 6.03. The van der Waals surface area contributed by atoms with Crippen LogP contribution in [0, 0.1) is 0 Å². The van der Waals surface area contributed by atoms with Crippen molar-refractivity contribution < 1.29 is 14.0 Å². The molecule has 130 valence electrons.